The second-order valence-electron chi connectivity index (χ2n) is 4.44. The van der Waals surface area contributed by atoms with Crippen LogP contribution in [0.3, 0.4) is 0 Å². The number of anilines is 1. The lowest BCUT2D eigenvalue weighted by Gasteiger charge is -2.35. The maximum atomic E-state index is 13.5. The molecule has 1 aromatic rings. The summed E-state index contributed by atoms with van der Waals surface area (Å²) in [6, 6.07) is 4.45. The Kier molecular flexibility index (Phi) is 3.86. The molecule has 1 aromatic carbocycles. The van der Waals surface area contributed by atoms with Crippen LogP contribution in [0, 0.1) is 5.82 Å². The highest BCUT2D eigenvalue weighted by atomic mass is 32.2. The lowest BCUT2D eigenvalue weighted by atomic mass is 10.1. The van der Waals surface area contributed by atoms with Gasteiger partial charge in [-0.15, -0.1) is 0 Å². The van der Waals surface area contributed by atoms with Crippen LogP contribution in [0.4, 0.5) is 10.1 Å². The molecule has 0 aromatic heterocycles. The van der Waals surface area contributed by atoms with Crippen molar-refractivity contribution in [2.24, 2.45) is 0 Å². The Hall–Kier alpha value is -1.47. The van der Waals surface area contributed by atoms with E-state index in [1.54, 1.807) is 12.1 Å². The minimum Gasteiger partial charge on any atom is -0.368 e. The minimum absolute atomic E-state index is 0.0234. The van der Waals surface area contributed by atoms with E-state index in [2.05, 4.69) is 0 Å². The molecular formula is C12H15FN2O3S. The van der Waals surface area contributed by atoms with Crippen LogP contribution in [0.15, 0.2) is 18.2 Å². The van der Waals surface area contributed by atoms with Crippen molar-refractivity contribution < 1.29 is 17.6 Å². The molecule has 104 valence electrons. The van der Waals surface area contributed by atoms with Gasteiger partial charge in [-0.1, -0.05) is 6.07 Å². The SMILES string of the molecule is CS(=O)(=O)N1CCN(c2cccc(F)c2C=O)CC1. The van der Waals surface area contributed by atoms with Crippen LogP contribution >= 0.6 is 0 Å². The van der Waals surface area contributed by atoms with Crippen molar-refractivity contribution in [3.63, 3.8) is 0 Å². The molecule has 0 N–H and O–H groups in total. The van der Waals surface area contributed by atoms with Gasteiger partial charge in [0.2, 0.25) is 10.0 Å². The molecule has 2 rings (SSSR count). The summed E-state index contributed by atoms with van der Waals surface area (Å²) in [5, 5.41) is 0. The predicted octanol–water partition coefficient (Wildman–Crippen LogP) is 0.720. The summed E-state index contributed by atoms with van der Waals surface area (Å²) in [6.45, 7) is 1.57. The molecule has 0 bridgehead atoms. The van der Waals surface area contributed by atoms with Crippen LogP contribution in [0.25, 0.3) is 0 Å². The van der Waals surface area contributed by atoms with E-state index >= 15 is 0 Å². The fraction of sp³-hybridized carbons (Fsp3) is 0.417. The van der Waals surface area contributed by atoms with Gasteiger partial charge in [0.15, 0.2) is 6.29 Å². The summed E-state index contributed by atoms with van der Waals surface area (Å²) < 4.78 is 37.7. The standard InChI is InChI=1S/C12H15FN2O3S/c1-19(17,18)15-7-5-14(6-8-15)12-4-2-3-11(13)10(12)9-16/h2-4,9H,5-8H2,1H3. The van der Waals surface area contributed by atoms with Crippen molar-refractivity contribution in [3.8, 4) is 0 Å². The summed E-state index contributed by atoms with van der Waals surface area (Å²) in [5.41, 5.74) is 0.540. The normalized spacial score (nSPS) is 17.5. The molecule has 7 heteroatoms. The number of carbonyl (C=O) groups excluding carboxylic acids is 1. The van der Waals surface area contributed by atoms with Gasteiger partial charge in [0.05, 0.1) is 17.5 Å². The second-order valence-corrected chi connectivity index (χ2v) is 6.42. The molecule has 0 spiro atoms. The lowest BCUT2D eigenvalue weighted by molar-refractivity contribution is 0.112. The number of nitrogens with zero attached hydrogens (tertiary/aromatic N) is 2. The average Bonchev–Trinajstić information content (AvgIpc) is 2.37. The Morgan fingerprint density at radius 2 is 1.84 bits per heavy atom. The fourth-order valence-electron chi connectivity index (χ4n) is 2.18. The van der Waals surface area contributed by atoms with E-state index in [0.717, 1.165) is 0 Å². The Labute approximate surface area is 111 Å². The predicted molar refractivity (Wildman–Crippen MR) is 70.4 cm³/mol. The second kappa shape index (κ2) is 5.26. The third kappa shape index (κ3) is 2.93. The van der Waals surface area contributed by atoms with Crippen molar-refractivity contribution >= 4 is 22.0 Å². The number of halogens is 1. The third-order valence-corrected chi connectivity index (χ3v) is 4.50. The van der Waals surface area contributed by atoms with Gasteiger partial charge in [-0.2, -0.15) is 4.31 Å². The highest BCUT2D eigenvalue weighted by Crippen LogP contribution is 2.23. The molecule has 0 unspecified atom stereocenters. The molecule has 1 aliphatic heterocycles. The molecule has 1 saturated heterocycles. The van der Waals surface area contributed by atoms with Crippen LogP contribution in [0.2, 0.25) is 0 Å². The zero-order chi connectivity index (χ0) is 14.0. The van der Waals surface area contributed by atoms with Crippen LogP contribution in [0.5, 0.6) is 0 Å². The summed E-state index contributed by atoms with van der Waals surface area (Å²) in [7, 11) is -3.19. The van der Waals surface area contributed by atoms with Crippen molar-refractivity contribution in [1.82, 2.24) is 4.31 Å². The van der Waals surface area contributed by atoms with Crippen molar-refractivity contribution in [2.75, 3.05) is 37.3 Å². The number of benzene rings is 1. The van der Waals surface area contributed by atoms with Crippen molar-refractivity contribution in [2.45, 2.75) is 0 Å². The summed E-state index contributed by atoms with van der Waals surface area (Å²) in [5.74, 6) is -0.557. The maximum Gasteiger partial charge on any atom is 0.211 e. The Balaban J connectivity index is 2.19. The third-order valence-electron chi connectivity index (χ3n) is 3.20. The zero-order valence-electron chi connectivity index (χ0n) is 10.5. The first-order valence-electron chi connectivity index (χ1n) is 5.87. The van der Waals surface area contributed by atoms with E-state index < -0.39 is 15.8 Å². The molecule has 1 aliphatic rings. The number of sulfonamides is 1. The van der Waals surface area contributed by atoms with Crippen molar-refractivity contribution in [3.05, 3.63) is 29.6 Å². The first-order chi connectivity index (χ1) is 8.93. The zero-order valence-corrected chi connectivity index (χ0v) is 11.4. The first kappa shape index (κ1) is 14.0. The Morgan fingerprint density at radius 1 is 1.21 bits per heavy atom. The lowest BCUT2D eigenvalue weighted by Crippen LogP contribution is -2.48. The van der Waals surface area contributed by atoms with Crippen LogP contribution in [-0.2, 0) is 10.0 Å². The largest absolute Gasteiger partial charge is 0.368 e. The van der Waals surface area contributed by atoms with Gasteiger partial charge in [-0.3, -0.25) is 4.79 Å². The Bertz CT molecular complexity index is 581. The average molecular weight is 286 g/mol. The number of rotatable bonds is 3. The van der Waals surface area contributed by atoms with Crippen LogP contribution in [-0.4, -0.2) is 51.4 Å². The molecule has 5 nitrogen and oxygen atoms in total. The van der Waals surface area contributed by atoms with E-state index in [0.29, 0.717) is 38.2 Å². The van der Waals surface area contributed by atoms with E-state index in [9.17, 15) is 17.6 Å². The summed E-state index contributed by atoms with van der Waals surface area (Å²) >= 11 is 0. The monoisotopic (exact) mass is 286 g/mol. The van der Waals surface area contributed by atoms with Gasteiger partial charge in [0.1, 0.15) is 5.82 Å². The number of aldehydes is 1. The van der Waals surface area contributed by atoms with Gasteiger partial charge < -0.3 is 4.90 Å². The van der Waals surface area contributed by atoms with E-state index in [-0.39, 0.29) is 5.56 Å². The quantitative estimate of drug-likeness (QED) is 0.768. The van der Waals surface area contributed by atoms with Gasteiger partial charge in [-0.05, 0) is 12.1 Å². The molecule has 1 fully saturated rings. The molecule has 0 radical (unpaired) electrons. The molecule has 0 aliphatic carbocycles. The maximum absolute atomic E-state index is 13.5. The first-order valence-corrected chi connectivity index (χ1v) is 7.72. The van der Waals surface area contributed by atoms with Crippen LogP contribution in [0.1, 0.15) is 10.4 Å². The summed E-state index contributed by atoms with van der Waals surface area (Å²) in [4.78, 5) is 12.8. The topological polar surface area (TPSA) is 57.7 Å². The number of piperazine rings is 1. The Morgan fingerprint density at radius 3 is 2.37 bits per heavy atom. The highest BCUT2D eigenvalue weighted by molar-refractivity contribution is 7.88. The fourth-order valence-corrected chi connectivity index (χ4v) is 3.01. The van der Waals surface area contributed by atoms with E-state index in [1.807, 2.05) is 4.90 Å². The molecule has 0 atom stereocenters. The minimum atomic E-state index is -3.19. The number of carbonyl (C=O) groups is 1. The number of hydrogen-bond acceptors (Lipinski definition) is 4. The molecule has 1 heterocycles. The molecule has 0 saturated carbocycles. The van der Waals surface area contributed by atoms with Gasteiger partial charge >= 0.3 is 0 Å². The highest BCUT2D eigenvalue weighted by Gasteiger charge is 2.25. The molecular weight excluding hydrogens is 271 g/mol. The van der Waals surface area contributed by atoms with Gasteiger partial charge in [0, 0.05) is 26.2 Å². The smallest absolute Gasteiger partial charge is 0.211 e. The molecule has 0 amide bonds. The van der Waals surface area contributed by atoms with E-state index in [1.165, 1.54) is 16.6 Å². The van der Waals surface area contributed by atoms with E-state index in [4.69, 9.17) is 0 Å². The number of hydrogen-bond donors (Lipinski definition) is 0. The van der Waals surface area contributed by atoms with Gasteiger partial charge in [0.25, 0.3) is 0 Å². The van der Waals surface area contributed by atoms with Crippen molar-refractivity contribution in [1.29, 1.82) is 0 Å². The van der Waals surface area contributed by atoms with Gasteiger partial charge in [-0.25, -0.2) is 12.8 Å². The summed E-state index contributed by atoms with van der Waals surface area (Å²) in [6.07, 6.45) is 1.66. The van der Waals surface area contributed by atoms with Crippen LogP contribution < -0.4 is 4.90 Å². The molecule has 19 heavy (non-hydrogen) atoms.